The van der Waals surface area contributed by atoms with Gasteiger partial charge in [0, 0.05) is 0 Å². The lowest BCUT2D eigenvalue weighted by Gasteiger charge is -2.23. The molecule has 0 aliphatic heterocycles. The molecule has 8 nitrogen and oxygen atoms in total. The molecule has 0 aliphatic rings. The number of ketones is 1. The maximum atomic E-state index is 11.1. The molecule has 0 fully saturated rings. The summed E-state index contributed by atoms with van der Waals surface area (Å²) in [7, 11) is 0. The van der Waals surface area contributed by atoms with Gasteiger partial charge in [0.1, 0.15) is 31.5 Å². The number of carbonyl (C=O) groups excluding carboxylic acids is 1. The molecule has 0 aliphatic carbocycles. The van der Waals surface area contributed by atoms with Crippen LogP contribution in [0.15, 0.2) is 0 Å². The average Bonchev–Trinajstić information content (AvgIpc) is 2.26. The molecule has 0 saturated carbocycles. The van der Waals surface area contributed by atoms with Crippen LogP contribution in [0.5, 0.6) is 0 Å². The molecule has 0 amide bonds. The van der Waals surface area contributed by atoms with E-state index < -0.39 is 49.9 Å². The standard InChI is InChI=1S/C8H14O8/c9-1-4(11)7(15)8(5(12)2-10)16-3-6(13)14/h4,7-11,15H,1-3H2,(H,13,14)/t4-,7+,8-/m1/s1. The number of aliphatic hydroxyl groups is 4. The van der Waals surface area contributed by atoms with E-state index in [9.17, 15) is 14.7 Å². The van der Waals surface area contributed by atoms with Gasteiger partial charge in [-0.05, 0) is 0 Å². The third kappa shape index (κ3) is 4.64. The van der Waals surface area contributed by atoms with Crippen molar-refractivity contribution in [3.63, 3.8) is 0 Å². The molecule has 0 saturated heterocycles. The molecule has 8 heteroatoms. The van der Waals surface area contributed by atoms with Crippen molar-refractivity contribution >= 4 is 11.8 Å². The third-order valence-corrected chi connectivity index (χ3v) is 1.75. The molecule has 0 aromatic carbocycles. The summed E-state index contributed by atoms with van der Waals surface area (Å²) in [5, 5.41) is 43.8. The molecule has 0 spiro atoms. The van der Waals surface area contributed by atoms with E-state index >= 15 is 0 Å². The van der Waals surface area contributed by atoms with Crippen molar-refractivity contribution < 1.29 is 39.9 Å². The van der Waals surface area contributed by atoms with E-state index in [1.54, 1.807) is 0 Å². The van der Waals surface area contributed by atoms with E-state index in [0.717, 1.165) is 0 Å². The quantitative estimate of drug-likeness (QED) is 0.296. The second-order valence-corrected chi connectivity index (χ2v) is 2.99. The van der Waals surface area contributed by atoms with Crippen molar-refractivity contribution in [2.24, 2.45) is 0 Å². The maximum Gasteiger partial charge on any atom is 0.329 e. The van der Waals surface area contributed by atoms with Gasteiger partial charge < -0.3 is 30.3 Å². The van der Waals surface area contributed by atoms with Gasteiger partial charge in [-0.2, -0.15) is 0 Å². The molecule has 0 radical (unpaired) electrons. The van der Waals surface area contributed by atoms with Gasteiger partial charge in [-0.25, -0.2) is 4.79 Å². The molecule has 0 heterocycles. The molecule has 0 rings (SSSR count). The Morgan fingerprint density at radius 3 is 2.12 bits per heavy atom. The Labute approximate surface area is 90.7 Å². The first-order valence-electron chi connectivity index (χ1n) is 4.38. The van der Waals surface area contributed by atoms with Crippen molar-refractivity contribution in [3.8, 4) is 0 Å². The highest BCUT2D eigenvalue weighted by Gasteiger charge is 2.32. The normalized spacial score (nSPS) is 16.5. The predicted octanol–water partition coefficient (Wildman–Crippen LogP) is -3.27. The van der Waals surface area contributed by atoms with Crippen LogP contribution >= 0.6 is 0 Å². The maximum absolute atomic E-state index is 11.1. The Kier molecular flexibility index (Phi) is 6.77. The smallest absolute Gasteiger partial charge is 0.329 e. The van der Waals surface area contributed by atoms with Crippen molar-refractivity contribution in [2.75, 3.05) is 19.8 Å². The Bertz CT molecular complexity index is 240. The second-order valence-electron chi connectivity index (χ2n) is 2.99. The van der Waals surface area contributed by atoms with Crippen LogP contribution in [0, 0.1) is 0 Å². The fourth-order valence-corrected chi connectivity index (χ4v) is 0.943. The predicted molar refractivity (Wildman–Crippen MR) is 48.6 cm³/mol. The first kappa shape index (κ1) is 14.9. The monoisotopic (exact) mass is 238 g/mol. The molecule has 3 atom stereocenters. The number of ether oxygens (including phenoxy) is 1. The molecular formula is C8H14O8. The summed E-state index contributed by atoms with van der Waals surface area (Å²) in [6.07, 6.45) is -5.15. The van der Waals surface area contributed by atoms with Crippen LogP contribution in [0.4, 0.5) is 0 Å². The number of carboxylic acids is 1. The molecule has 0 aromatic rings. The first-order valence-corrected chi connectivity index (χ1v) is 4.38. The van der Waals surface area contributed by atoms with Crippen LogP contribution in [0.3, 0.4) is 0 Å². The molecule has 0 aromatic heterocycles. The zero-order valence-electron chi connectivity index (χ0n) is 8.31. The first-order chi connectivity index (χ1) is 7.43. The molecule has 0 unspecified atom stereocenters. The topological polar surface area (TPSA) is 145 Å². The molecule has 5 N–H and O–H groups in total. The van der Waals surface area contributed by atoms with Crippen LogP contribution in [0.25, 0.3) is 0 Å². The minimum atomic E-state index is -1.80. The highest BCUT2D eigenvalue weighted by atomic mass is 16.5. The fraction of sp³-hybridized carbons (Fsp3) is 0.750. The van der Waals surface area contributed by atoms with E-state index in [0.29, 0.717) is 0 Å². The zero-order valence-corrected chi connectivity index (χ0v) is 8.31. The molecule has 0 bridgehead atoms. The minimum Gasteiger partial charge on any atom is -0.480 e. The number of rotatable bonds is 8. The number of hydrogen-bond acceptors (Lipinski definition) is 7. The average molecular weight is 238 g/mol. The van der Waals surface area contributed by atoms with Crippen molar-refractivity contribution in [1.29, 1.82) is 0 Å². The number of hydrogen-bond donors (Lipinski definition) is 5. The van der Waals surface area contributed by atoms with Crippen LogP contribution in [0.2, 0.25) is 0 Å². The van der Waals surface area contributed by atoms with Gasteiger partial charge in [0.05, 0.1) is 6.61 Å². The summed E-state index contributed by atoms with van der Waals surface area (Å²) in [6, 6.07) is 0. The lowest BCUT2D eigenvalue weighted by atomic mass is 10.0. The largest absolute Gasteiger partial charge is 0.480 e. The molecule has 94 valence electrons. The lowest BCUT2D eigenvalue weighted by Crippen LogP contribution is -2.47. The molecule has 16 heavy (non-hydrogen) atoms. The van der Waals surface area contributed by atoms with Gasteiger partial charge in [0.25, 0.3) is 0 Å². The summed E-state index contributed by atoms with van der Waals surface area (Å²) in [6.45, 7) is -2.67. The van der Waals surface area contributed by atoms with E-state index in [-0.39, 0.29) is 0 Å². The fourth-order valence-electron chi connectivity index (χ4n) is 0.943. The van der Waals surface area contributed by atoms with E-state index in [1.807, 2.05) is 0 Å². The van der Waals surface area contributed by atoms with E-state index in [4.69, 9.17) is 20.4 Å². The number of carbonyl (C=O) groups is 2. The number of aliphatic carboxylic acids is 1. The van der Waals surface area contributed by atoms with Crippen LogP contribution in [-0.2, 0) is 14.3 Å². The highest BCUT2D eigenvalue weighted by Crippen LogP contribution is 2.06. The summed E-state index contributed by atoms with van der Waals surface area (Å²) >= 11 is 0. The number of carboxylic acid groups (broad SMARTS) is 1. The van der Waals surface area contributed by atoms with Gasteiger partial charge in [0.15, 0.2) is 5.78 Å². The molecular weight excluding hydrogens is 224 g/mol. The summed E-state index contributed by atoms with van der Waals surface area (Å²) in [5.74, 6) is -2.36. The highest BCUT2D eigenvalue weighted by molar-refractivity contribution is 5.85. The summed E-state index contributed by atoms with van der Waals surface area (Å²) < 4.78 is 4.51. The Hall–Kier alpha value is -1.06. The van der Waals surface area contributed by atoms with Crippen LogP contribution in [-0.4, -0.2) is 75.4 Å². The van der Waals surface area contributed by atoms with Gasteiger partial charge >= 0.3 is 5.97 Å². The lowest BCUT2D eigenvalue weighted by molar-refractivity contribution is -0.160. The van der Waals surface area contributed by atoms with Gasteiger partial charge in [0.2, 0.25) is 0 Å². The van der Waals surface area contributed by atoms with E-state index in [2.05, 4.69) is 4.74 Å². The Morgan fingerprint density at radius 1 is 1.19 bits per heavy atom. The van der Waals surface area contributed by atoms with Gasteiger partial charge in [-0.15, -0.1) is 0 Å². The van der Waals surface area contributed by atoms with Crippen LogP contribution in [0.1, 0.15) is 0 Å². The zero-order chi connectivity index (χ0) is 12.7. The van der Waals surface area contributed by atoms with Gasteiger partial charge in [-0.3, -0.25) is 4.79 Å². The van der Waals surface area contributed by atoms with E-state index in [1.165, 1.54) is 0 Å². The van der Waals surface area contributed by atoms with Crippen molar-refractivity contribution in [2.45, 2.75) is 18.3 Å². The second kappa shape index (κ2) is 7.25. The SMILES string of the molecule is O=C(O)CO[C@H](C(=O)CO)[C@@H](O)[C@H](O)CO. The van der Waals surface area contributed by atoms with Crippen molar-refractivity contribution in [1.82, 2.24) is 0 Å². The Balaban J connectivity index is 4.52. The van der Waals surface area contributed by atoms with Crippen LogP contribution < -0.4 is 0 Å². The number of Topliss-reactive ketones (excluding diaryl/α,β-unsaturated/α-hetero) is 1. The van der Waals surface area contributed by atoms with Gasteiger partial charge in [-0.1, -0.05) is 0 Å². The summed E-state index contributed by atoms with van der Waals surface area (Å²) in [5.41, 5.74) is 0. The Morgan fingerprint density at radius 2 is 1.75 bits per heavy atom. The minimum absolute atomic E-state index is 0.827. The number of aliphatic hydroxyl groups excluding tert-OH is 4. The summed E-state index contributed by atoms with van der Waals surface area (Å²) in [4.78, 5) is 21.3. The third-order valence-electron chi connectivity index (χ3n) is 1.75. The van der Waals surface area contributed by atoms with Crippen molar-refractivity contribution in [3.05, 3.63) is 0 Å².